The lowest BCUT2D eigenvalue weighted by atomic mass is 10.1. The number of carbonyl (C=O) groups excluding carboxylic acids is 1. The molecule has 0 atom stereocenters. The van der Waals surface area contributed by atoms with Crippen LogP contribution in [0.1, 0.15) is 29.6 Å². The Bertz CT molecular complexity index is 1010. The maximum Gasteiger partial charge on any atom is 0.255 e. The van der Waals surface area contributed by atoms with Crippen molar-refractivity contribution in [3.05, 3.63) is 60.2 Å². The first-order valence-electron chi connectivity index (χ1n) is 10.4. The number of carbonyl (C=O) groups is 1. The molecule has 0 radical (unpaired) electrons. The number of piperidine rings is 1. The predicted octanol–water partition coefficient (Wildman–Crippen LogP) is 4.40. The number of hydrogen-bond acceptors (Lipinski definition) is 6. The van der Waals surface area contributed by atoms with E-state index < -0.39 is 0 Å². The Labute approximate surface area is 182 Å². The number of nitrogens with one attached hydrogen (secondary N) is 1. The van der Waals surface area contributed by atoms with Crippen LogP contribution in [0.3, 0.4) is 0 Å². The summed E-state index contributed by atoms with van der Waals surface area (Å²) >= 11 is 0. The van der Waals surface area contributed by atoms with Crippen molar-refractivity contribution in [3.8, 4) is 22.8 Å². The molecule has 1 amide bonds. The molecule has 7 nitrogen and oxygen atoms in total. The van der Waals surface area contributed by atoms with Gasteiger partial charge in [0.05, 0.1) is 19.9 Å². The molecule has 0 saturated carbocycles. The van der Waals surface area contributed by atoms with Gasteiger partial charge in [-0.2, -0.15) is 0 Å². The van der Waals surface area contributed by atoms with Crippen LogP contribution in [0.5, 0.6) is 11.5 Å². The zero-order valence-corrected chi connectivity index (χ0v) is 17.8. The Kier molecular flexibility index (Phi) is 6.31. The molecule has 0 spiro atoms. The summed E-state index contributed by atoms with van der Waals surface area (Å²) in [6.07, 6.45) is 3.70. The zero-order chi connectivity index (χ0) is 21.6. The molecule has 1 aliphatic heterocycles. The summed E-state index contributed by atoms with van der Waals surface area (Å²) < 4.78 is 10.5. The van der Waals surface area contributed by atoms with Gasteiger partial charge in [0.15, 0.2) is 5.82 Å². The Balaban J connectivity index is 1.44. The highest BCUT2D eigenvalue weighted by atomic mass is 16.5. The van der Waals surface area contributed by atoms with E-state index in [1.807, 2.05) is 36.4 Å². The van der Waals surface area contributed by atoms with Crippen molar-refractivity contribution >= 4 is 17.4 Å². The molecular formula is C24H26N4O3. The molecule has 1 N–H and O–H groups in total. The number of rotatable bonds is 6. The molecule has 4 rings (SSSR count). The number of benzene rings is 2. The van der Waals surface area contributed by atoms with E-state index >= 15 is 0 Å². The van der Waals surface area contributed by atoms with Crippen molar-refractivity contribution in [2.24, 2.45) is 0 Å². The number of hydrogen-bond donors (Lipinski definition) is 1. The van der Waals surface area contributed by atoms with Crippen LogP contribution in [0.2, 0.25) is 0 Å². The Morgan fingerprint density at radius 1 is 0.871 bits per heavy atom. The maximum absolute atomic E-state index is 12.6. The van der Waals surface area contributed by atoms with Gasteiger partial charge >= 0.3 is 0 Å². The summed E-state index contributed by atoms with van der Waals surface area (Å²) in [4.78, 5) is 14.9. The molecule has 160 valence electrons. The van der Waals surface area contributed by atoms with Gasteiger partial charge in [-0.1, -0.05) is 12.1 Å². The molecular weight excluding hydrogens is 392 g/mol. The van der Waals surface area contributed by atoms with Crippen LogP contribution in [0.15, 0.2) is 54.6 Å². The maximum atomic E-state index is 12.6. The first-order chi connectivity index (χ1) is 15.2. The van der Waals surface area contributed by atoms with Gasteiger partial charge in [-0.3, -0.25) is 4.79 Å². The monoisotopic (exact) mass is 418 g/mol. The van der Waals surface area contributed by atoms with Crippen LogP contribution in [0.25, 0.3) is 11.3 Å². The van der Waals surface area contributed by atoms with Gasteiger partial charge in [-0.15, -0.1) is 10.2 Å². The minimum absolute atomic E-state index is 0.240. The smallest absolute Gasteiger partial charge is 0.255 e. The van der Waals surface area contributed by atoms with Crippen molar-refractivity contribution in [1.82, 2.24) is 10.2 Å². The summed E-state index contributed by atoms with van der Waals surface area (Å²) in [6.45, 7) is 2.09. The van der Waals surface area contributed by atoms with Crippen molar-refractivity contribution < 1.29 is 14.3 Å². The molecule has 1 aliphatic rings. The number of nitrogens with zero attached hydrogens (tertiary/aromatic N) is 3. The van der Waals surface area contributed by atoms with Crippen molar-refractivity contribution in [3.63, 3.8) is 0 Å². The van der Waals surface area contributed by atoms with Gasteiger partial charge in [0.25, 0.3) is 5.91 Å². The van der Waals surface area contributed by atoms with E-state index in [9.17, 15) is 4.79 Å². The molecule has 31 heavy (non-hydrogen) atoms. The second-order valence-electron chi connectivity index (χ2n) is 7.46. The highest BCUT2D eigenvalue weighted by Crippen LogP contribution is 2.25. The average Bonchev–Trinajstić information content (AvgIpc) is 2.84. The lowest BCUT2D eigenvalue weighted by Gasteiger charge is -2.27. The van der Waals surface area contributed by atoms with E-state index in [0.717, 1.165) is 30.2 Å². The van der Waals surface area contributed by atoms with Crippen molar-refractivity contribution in [2.45, 2.75) is 19.3 Å². The number of anilines is 2. The van der Waals surface area contributed by atoms with Crippen LogP contribution in [0, 0.1) is 0 Å². The second kappa shape index (κ2) is 9.47. The first-order valence-corrected chi connectivity index (χ1v) is 10.4. The Morgan fingerprint density at radius 2 is 1.55 bits per heavy atom. The summed E-state index contributed by atoms with van der Waals surface area (Å²) in [6, 6.07) is 16.6. The molecule has 7 heteroatoms. The highest BCUT2D eigenvalue weighted by Gasteiger charge is 2.13. The largest absolute Gasteiger partial charge is 0.497 e. The lowest BCUT2D eigenvalue weighted by Crippen LogP contribution is -2.30. The SMILES string of the molecule is COc1cc(OC)cc(C(=O)Nc2ccc(-c3ccc(N4CCCCC4)nn3)cc2)c1. The third-order valence-electron chi connectivity index (χ3n) is 5.38. The van der Waals surface area contributed by atoms with Gasteiger partial charge in [0.1, 0.15) is 11.5 Å². The summed E-state index contributed by atoms with van der Waals surface area (Å²) in [5.74, 6) is 1.81. The molecule has 1 saturated heterocycles. The second-order valence-corrected chi connectivity index (χ2v) is 7.46. The Hall–Kier alpha value is -3.61. The number of amides is 1. The third-order valence-corrected chi connectivity index (χ3v) is 5.38. The fourth-order valence-corrected chi connectivity index (χ4v) is 3.64. The number of methoxy groups -OCH3 is 2. The fraction of sp³-hybridized carbons (Fsp3) is 0.292. The molecule has 0 unspecified atom stereocenters. The molecule has 2 heterocycles. The molecule has 0 bridgehead atoms. The minimum atomic E-state index is -0.240. The molecule has 1 fully saturated rings. The predicted molar refractivity (Wildman–Crippen MR) is 121 cm³/mol. The summed E-state index contributed by atoms with van der Waals surface area (Å²) in [5, 5.41) is 11.7. The molecule has 3 aromatic rings. The topological polar surface area (TPSA) is 76.6 Å². The molecule has 2 aromatic carbocycles. The molecule has 1 aromatic heterocycles. The van der Waals surface area contributed by atoms with Crippen molar-refractivity contribution in [2.75, 3.05) is 37.5 Å². The van der Waals surface area contributed by atoms with Crippen LogP contribution in [-0.4, -0.2) is 43.4 Å². The van der Waals surface area contributed by atoms with E-state index in [1.54, 1.807) is 32.4 Å². The van der Waals surface area contributed by atoms with Gasteiger partial charge in [0, 0.05) is 36.0 Å². The normalized spacial score (nSPS) is 13.5. The third kappa shape index (κ3) is 4.94. The fourth-order valence-electron chi connectivity index (χ4n) is 3.64. The quantitative estimate of drug-likeness (QED) is 0.639. The first kappa shape index (κ1) is 20.7. The minimum Gasteiger partial charge on any atom is -0.497 e. The van der Waals surface area contributed by atoms with E-state index in [1.165, 1.54) is 19.3 Å². The van der Waals surface area contributed by atoms with Gasteiger partial charge in [-0.05, 0) is 55.7 Å². The van der Waals surface area contributed by atoms with Gasteiger partial charge in [-0.25, -0.2) is 0 Å². The van der Waals surface area contributed by atoms with Crippen LogP contribution >= 0.6 is 0 Å². The Morgan fingerprint density at radius 3 is 2.13 bits per heavy atom. The summed E-state index contributed by atoms with van der Waals surface area (Å²) in [7, 11) is 3.11. The molecule has 0 aliphatic carbocycles. The number of aromatic nitrogens is 2. The van der Waals surface area contributed by atoms with Crippen LogP contribution in [0.4, 0.5) is 11.5 Å². The van der Waals surface area contributed by atoms with Gasteiger partial charge in [0.2, 0.25) is 0 Å². The van der Waals surface area contributed by atoms with E-state index in [2.05, 4.69) is 20.4 Å². The zero-order valence-electron chi connectivity index (χ0n) is 17.8. The van der Waals surface area contributed by atoms with Gasteiger partial charge < -0.3 is 19.7 Å². The van der Waals surface area contributed by atoms with Crippen LogP contribution in [-0.2, 0) is 0 Å². The average molecular weight is 418 g/mol. The van der Waals surface area contributed by atoms with Crippen molar-refractivity contribution in [1.29, 1.82) is 0 Å². The lowest BCUT2D eigenvalue weighted by molar-refractivity contribution is 0.102. The van der Waals surface area contributed by atoms with E-state index in [4.69, 9.17) is 9.47 Å². The van der Waals surface area contributed by atoms with Crippen LogP contribution < -0.4 is 19.7 Å². The summed E-state index contributed by atoms with van der Waals surface area (Å²) in [5.41, 5.74) is 2.89. The van der Waals surface area contributed by atoms with E-state index in [-0.39, 0.29) is 5.91 Å². The highest BCUT2D eigenvalue weighted by molar-refractivity contribution is 6.04. The standard InChI is InChI=1S/C24H26N4O3/c1-30-20-14-18(15-21(16-20)31-2)24(29)25-19-8-6-17(7-9-19)22-10-11-23(27-26-22)28-12-4-3-5-13-28/h6-11,14-16H,3-5,12-13H2,1-2H3,(H,25,29). The number of ether oxygens (including phenoxy) is 2. The van der Waals surface area contributed by atoms with E-state index in [0.29, 0.717) is 22.7 Å².